The summed E-state index contributed by atoms with van der Waals surface area (Å²) in [5.41, 5.74) is 1.34. The summed E-state index contributed by atoms with van der Waals surface area (Å²) in [4.78, 5) is 37.2. The second-order valence-electron chi connectivity index (χ2n) is 6.76. The lowest BCUT2D eigenvalue weighted by Gasteiger charge is -2.23. The Balaban J connectivity index is 1.97. The molecular formula is C22H25NO4. The summed E-state index contributed by atoms with van der Waals surface area (Å²) in [6.45, 7) is 5.17. The summed E-state index contributed by atoms with van der Waals surface area (Å²) in [5, 5.41) is 2.72. The van der Waals surface area contributed by atoms with Crippen LogP contribution in [0.15, 0.2) is 60.7 Å². The highest BCUT2D eigenvalue weighted by Crippen LogP contribution is 2.11. The second kappa shape index (κ2) is 9.67. The van der Waals surface area contributed by atoms with Gasteiger partial charge in [-0.3, -0.25) is 9.59 Å². The molecule has 1 N–H and O–H groups in total. The number of hydrogen-bond acceptors (Lipinski definition) is 4. The third kappa shape index (κ3) is 6.06. The van der Waals surface area contributed by atoms with Gasteiger partial charge in [-0.05, 0) is 18.4 Å². The predicted molar refractivity (Wildman–Crippen MR) is 103 cm³/mol. The van der Waals surface area contributed by atoms with Gasteiger partial charge in [0, 0.05) is 5.56 Å². The number of ketones is 1. The Morgan fingerprint density at radius 1 is 0.889 bits per heavy atom. The molecule has 0 aliphatic heterocycles. The number of esters is 1. The van der Waals surface area contributed by atoms with Gasteiger partial charge in [0.2, 0.25) is 11.7 Å². The summed E-state index contributed by atoms with van der Waals surface area (Å²) >= 11 is 0. The lowest BCUT2D eigenvalue weighted by atomic mass is 10.0. The van der Waals surface area contributed by atoms with E-state index in [2.05, 4.69) is 5.32 Å². The van der Waals surface area contributed by atoms with Crippen molar-refractivity contribution in [1.29, 1.82) is 0 Å². The second-order valence-corrected chi connectivity index (χ2v) is 6.76. The van der Waals surface area contributed by atoms with Gasteiger partial charge in [-0.2, -0.15) is 0 Å². The lowest BCUT2D eigenvalue weighted by molar-refractivity contribution is -0.151. The zero-order valence-electron chi connectivity index (χ0n) is 15.8. The normalized spacial score (nSPS) is 12.9. The van der Waals surface area contributed by atoms with Crippen molar-refractivity contribution in [3.8, 4) is 0 Å². The molecule has 5 nitrogen and oxygen atoms in total. The van der Waals surface area contributed by atoms with Crippen molar-refractivity contribution in [1.82, 2.24) is 5.32 Å². The van der Waals surface area contributed by atoms with E-state index in [1.807, 2.05) is 50.2 Å². The first kappa shape index (κ1) is 20.4. The van der Waals surface area contributed by atoms with E-state index in [1.54, 1.807) is 24.3 Å². The van der Waals surface area contributed by atoms with E-state index in [0.717, 1.165) is 5.56 Å². The van der Waals surface area contributed by atoms with Crippen molar-refractivity contribution in [2.45, 2.75) is 39.3 Å². The van der Waals surface area contributed by atoms with Gasteiger partial charge in [-0.25, -0.2) is 4.79 Å². The summed E-state index contributed by atoms with van der Waals surface area (Å²) < 4.78 is 5.34. The van der Waals surface area contributed by atoms with Crippen LogP contribution >= 0.6 is 0 Å². The molecule has 0 unspecified atom stereocenters. The van der Waals surface area contributed by atoms with E-state index in [-0.39, 0.29) is 24.0 Å². The fraction of sp³-hybridized carbons (Fsp3) is 0.318. The van der Waals surface area contributed by atoms with Gasteiger partial charge < -0.3 is 10.1 Å². The van der Waals surface area contributed by atoms with Crippen LogP contribution in [-0.2, 0) is 20.7 Å². The molecule has 2 rings (SSSR count). The molecular weight excluding hydrogens is 342 g/mol. The van der Waals surface area contributed by atoms with E-state index in [9.17, 15) is 14.4 Å². The first-order valence-electron chi connectivity index (χ1n) is 9.01. The number of benzene rings is 2. The Labute approximate surface area is 159 Å². The van der Waals surface area contributed by atoms with Crippen molar-refractivity contribution in [2.24, 2.45) is 5.92 Å². The predicted octanol–water partition coefficient (Wildman–Crippen LogP) is 3.18. The average molecular weight is 367 g/mol. The van der Waals surface area contributed by atoms with Gasteiger partial charge in [0.05, 0.1) is 6.42 Å². The SMILES string of the molecule is CC(C)[C@H](NC(=O)Cc1ccccc1)C(=O)O[C@H](C)C(=O)c1ccccc1. The van der Waals surface area contributed by atoms with E-state index < -0.39 is 18.1 Å². The van der Waals surface area contributed by atoms with Crippen molar-refractivity contribution < 1.29 is 19.1 Å². The van der Waals surface area contributed by atoms with Crippen LogP contribution in [0.2, 0.25) is 0 Å². The molecule has 2 aromatic carbocycles. The van der Waals surface area contributed by atoms with E-state index in [1.165, 1.54) is 6.92 Å². The van der Waals surface area contributed by atoms with Crippen LogP contribution in [0.5, 0.6) is 0 Å². The molecule has 0 aliphatic rings. The van der Waals surface area contributed by atoms with Gasteiger partial charge >= 0.3 is 5.97 Å². The third-order valence-electron chi connectivity index (χ3n) is 4.17. The number of rotatable bonds is 8. The number of amides is 1. The fourth-order valence-corrected chi connectivity index (χ4v) is 2.64. The quantitative estimate of drug-likeness (QED) is 0.574. The highest BCUT2D eigenvalue weighted by Gasteiger charge is 2.29. The summed E-state index contributed by atoms with van der Waals surface area (Å²) in [5.74, 6) is -1.32. The van der Waals surface area contributed by atoms with Crippen LogP contribution in [0.1, 0.15) is 36.7 Å². The van der Waals surface area contributed by atoms with Gasteiger partial charge in [0.15, 0.2) is 6.10 Å². The average Bonchev–Trinajstić information content (AvgIpc) is 2.66. The monoisotopic (exact) mass is 367 g/mol. The molecule has 27 heavy (non-hydrogen) atoms. The molecule has 2 aromatic rings. The van der Waals surface area contributed by atoms with E-state index in [0.29, 0.717) is 5.56 Å². The smallest absolute Gasteiger partial charge is 0.329 e. The Hall–Kier alpha value is -2.95. The van der Waals surface area contributed by atoms with E-state index >= 15 is 0 Å². The molecule has 0 saturated heterocycles. The van der Waals surface area contributed by atoms with Crippen molar-refractivity contribution >= 4 is 17.7 Å². The molecule has 0 aromatic heterocycles. The molecule has 1 amide bonds. The van der Waals surface area contributed by atoms with Gasteiger partial charge in [0.1, 0.15) is 6.04 Å². The van der Waals surface area contributed by atoms with Crippen LogP contribution in [0.25, 0.3) is 0 Å². The highest BCUT2D eigenvalue weighted by atomic mass is 16.5. The maximum Gasteiger partial charge on any atom is 0.329 e. The zero-order valence-corrected chi connectivity index (χ0v) is 15.8. The lowest BCUT2D eigenvalue weighted by Crippen LogP contribution is -2.47. The Kier molecular flexibility index (Phi) is 7.29. The van der Waals surface area contributed by atoms with Crippen LogP contribution in [0.4, 0.5) is 0 Å². The topological polar surface area (TPSA) is 72.5 Å². The molecule has 0 radical (unpaired) electrons. The van der Waals surface area contributed by atoms with Crippen LogP contribution < -0.4 is 5.32 Å². The maximum absolute atomic E-state index is 12.5. The van der Waals surface area contributed by atoms with Crippen molar-refractivity contribution in [2.75, 3.05) is 0 Å². The molecule has 5 heteroatoms. The molecule has 0 heterocycles. The van der Waals surface area contributed by atoms with Gasteiger partial charge in [0.25, 0.3) is 0 Å². The summed E-state index contributed by atoms with van der Waals surface area (Å²) in [7, 11) is 0. The number of nitrogens with one attached hydrogen (secondary N) is 1. The molecule has 142 valence electrons. The molecule has 0 aliphatic carbocycles. The largest absolute Gasteiger partial charge is 0.453 e. The molecule has 0 bridgehead atoms. The minimum absolute atomic E-state index is 0.170. The van der Waals surface area contributed by atoms with Crippen molar-refractivity contribution in [3.63, 3.8) is 0 Å². The van der Waals surface area contributed by atoms with Crippen LogP contribution in [0, 0.1) is 5.92 Å². The first-order valence-corrected chi connectivity index (χ1v) is 9.01. The molecule has 0 fully saturated rings. The van der Waals surface area contributed by atoms with Gasteiger partial charge in [-0.1, -0.05) is 74.5 Å². The minimum atomic E-state index is -0.924. The molecule has 0 saturated carbocycles. The Bertz CT molecular complexity index is 771. The number of ether oxygens (including phenoxy) is 1. The fourth-order valence-electron chi connectivity index (χ4n) is 2.64. The Morgan fingerprint density at radius 2 is 1.44 bits per heavy atom. The highest BCUT2D eigenvalue weighted by molar-refractivity contribution is 6.00. The number of carbonyl (C=O) groups excluding carboxylic acids is 3. The standard InChI is InChI=1S/C22H25NO4/c1-15(2)20(23-19(24)14-17-10-6-4-7-11-17)22(26)27-16(3)21(25)18-12-8-5-9-13-18/h4-13,15-16,20H,14H2,1-3H3,(H,23,24)/t16-,20+/m1/s1. The zero-order chi connectivity index (χ0) is 19.8. The number of carbonyl (C=O) groups is 3. The van der Waals surface area contributed by atoms with Crippen LogP contribution in [-0.4, -0.2) is 29.8 Å². The van der Waals surface area contributed by atoms with Crippen molar-refractivity contribution in [3.05, 3.63) is 71.8 Å². The minimum Gasteiger partial charge on any atom is -0.453 e. The van der Waals surface area contributed by atoms with E-state index in [4.69, 9.17) is 4.74 Å². The molecule has 0 spiro atoms. The number of Topliss-reactive ketones (excluding diaryl/α,β-unsaturated/α-hetero) is 1. The first-order chi connectivity index (χ1) is 12.9. The van der Waals surface area contributed by atoms with Gasteiger partial charge in [-0.15, -0.1) is 0 Å². The summed E-state index contributed by atoms with van der Waals surface area (Å²) in [6.07, 6.45) is -0.747. The number of hydrogen-bond donors (Lipinski definition) is 1. The maximum atomic E-state index is 12.5. The molecule has 2 atom stereocenters. The Morgan fingerprint density at radius 3 is 2.00 bits per heavy atom. The summed E-state index contributed by atoms with van der Waals surface area (Å²) in [6, 6.07) is 17.1. The third-order valence-corrected chi connectivity index (χ3v) is 4.17. The van der Waals surface area contributed by atoms with Crippen LogP contribution in [0.3, 0.4) is 0 Å².